The lowest BCUT2D eigenvalue weighted by Gasteiger charge is -2.26. The first-order valence-corrected chi connectivity index (χ1v) is 12.1. The van der Waals surface area contributed by atoms with Crippen molar-refractivity contribution in [3.05, 3.63) is 99.5 Å². The Balaban J connectivity index is 1.94. The minimum Gasteiger partial charge on any atom is -0.344 e. The van der Waals surface area contributed by atoms with E-state index in [9.17, 15) is 13.2 Å². The number of rotatable bonds is 7. The monoisotopic (exact) mass is 476 g/mol. The Morgan fingerprint density at radius 1 is 0.968 bits per heavy atom. The molecule has 0 radical (unpaired) electrons. The molecule has 0 aliphatic heterocycles. The molecule has 0 aromatic heterocycles. The number of carbonyl (C=O) groups excluding carboxylic acids is 1. The molecule has 0 saturated heterocycles. The van der Waals surface area contributed by atoms with Crippen LogP contribution < -0.4 is 9.62 Å². The van der Waals surface area contributed by atoms with Gasteiger partial charge in [0, 0.05) is 0 Å². The summed E-state index contributed by atoms with van der Waals surface area (Å²) in [5.41, 5.74) is 2.97. The Labute approximate surface area is 192 Å². The van der Waals surface area contributed by atoms with Gasteiger partial charge < -0.3 is 5.32 Å². The summed E-state index contributed by atoms with van der Waals surface area (Å²) in [5.74, 6) is -0.474. The summed E-state index contributed by atoms with van der Waals surface area (Å²) in [7, 11) is -3.80. The number of anilines is 1. The number of benzene rings is 3. The average Bonchev–Trinajstić information content (AvgIpc) is 2.73. The summed E-state index contributed by atoms with van der Waals surface area (Å²) in [6.45, 7) is 1.53. The summed E-state index contributed by atoms with van der Waals surface area (Å²) in [6, 6.07) is 21.5. The molecule has 1 atom stereocenters. The van der Waals surface area contributed by atoms with Gasteiger partial charge in [-0.25, -0.2) is 8.42 Å². The minimum atomic E-state index is -3.80. The summed E-state index contributed by atoms with van der Waals surface area (Å²) in [5, 5.41) is 3.25. The van der Waals surface area contributed by atoms with Crippen molar-refractivity contribution in [3.8, 4) is 0 Å². The third-order valence-corrected chi connectivity index (χ3v) is 6.76. The van der Waals surface area contributed by atoms with Crippen LogP contribution in [0.25, 0.3) is 0 Å². The summed E-state index contributed by atoms with van der Waals surface area (Å²) < 4.78 is 25.9. The average molecular weight is 477 g/mol. The lowest BCUT2D eigenvalue weighted by atomic mass is 9.95. The van der Waals surface area contributed by atoms with Gasteiger partial charge in [-0.15, -0.1) is 0 Å². The van der Waals surface area contributed by atoms with Crippen LogP contribution in [0.3, 0.4) is 0 Å². The summed E-state index contributed by atoms with van der Waals surface area (Å²) in [6.07, 6.45) is 1.02. The summed E-state index contributed by atoms with van der Waals surface area (Å²) in [4.78, 5) is 13.0. The van der Waals surface area contributed by atoms with E-state index in [1.165, 1.54) is 6.07 Å². The second kappa shape index (κ2) is 9.73. The molecule has 0 saturated carbocycles. The largest absolute Gasteiger partial charge is 0.344 e. The third-order valence-electron chi connectivity index (χ3n) is 4.83. The Morgan fingerprint density at radius 3 is 2.26 bits per heavy atom. The second-order valence-electron chi connectivity index (χ2n) is 7.11. The van der Waals surface area contributed by atoms with E-state index in [0.717, 1.165) is 27.3 Å². The van der Waals surface area contributed by atoms with Crippen molar-refractivity contribution in [3.63, 3.8) is 0 Å². The predicted octanol–water partition coefficient (Wildman–Crippen LogP) is 4.97. The smallest absolute Gasteiger partial charge is 0.241 e. The Kier molecular flexibility index (Phi) is 7.26. The Hall–Kier alpha value is -2.54. The van der Waals surface area contributed by atoms with Gasteiger partial charge in [0.25, 0.3) is 0 Å². The van der Waals surface area contributed by atoms with Crippen molar-refractivity contribution in [2.45, 2.75) is 13.0 Å². The molecular formula is C23H22Cl2N2O3S. The van der Waals surface area contributed by atoms with Gasteiger partial charge in [-0.2, -0.15) is 0 Å². The van der Waals surface area contributed by atoms with E-state index < -0.39 is 28.5 Å². The molecule has 1 N–H and O–H groups in total. The minimum absolute atomic E-state index is 0.0703. The van der Waals surface area contributed by atoms with Crippen LogP contribution in [0.4, 0.5) is 5.69 Å². The molecule has 8 heteroatoms. The van der Waals surface area contributed by atoms with Gasteiger partial charge in [-0.3, -0.25) is 9.10 Å². The maximum atomic E-state index is 13.0. The van der Waals surface area contributed by atoms with Crippen molar-refractivity contribution in [2.24, 2.45) is 0 Å². The van der Waals surface area contributed by atoms with Crippen LogP contribution in [0, 0.1) is 6.92 Å². The predicted molar refractivity (Wildman–Crippen MR) is 126 cm³/mol. The van der Waals surface area contributed by atoms with Gasteiger partial charge in [-0.1, -0.05) is 83.9 Å². The van der Waals surface area contributed by atoms with Crippen molar-refractivity contribution in [1.29, 1.82) is 0 Å². The van der Waals surface area contributed by atoms with Crippen molar-refractivity contribution >= 4 is 44.8 Å². The Bertz CT molecular complexity index is 1180. The molecular weight excluding hydrogens is 455 g/mol. The topological polar surface area (TPSA) is 66.5 Å². The quantitative estimate of drug-likeness (QED) is 0.523. The molecule has 1 amide bonds. The van der Waals surface area contributed by atoms with Gasteiger partial charge in [0.1, 0.15) is 6.54 Å². The fourth-order valence-corrected chi connectivity index (χ4v) is 4.61. The van der Waals surface area contributed by atoms with Crippen LogP contribution >= 0.6 is 23.2 Å². The van der Waals surface area contributed by atoms with E-state index in [1.54, 1.807) is 12.1 Å². The third kappa shape index (κ3) is 5.58. The van der Waals surface area contributed by atoms with Gasteiger partial charge in [-0.05, 0) is 35.7 Å². The maximum absolute atomic E-state index is 13.0. The van der Waals surface area contributed by atoms with Crippen LogP contribution in [0.1, 0.15) is 22.7 Å². The first-order chi connectivity index (χ1) is 14.7. The first-order valence-electron chi connectivity index (χ1n) is 9.50. The number of halogens is 2. The number of amides is 1. The fourth-order valence-electron chi connectivity index (χ4n) is 3.30. The van der Waals surface area contributed by atoms with E-state index in [4.69, 9.17) is 23.2 Å². The van der Waals surface area contributed by atoms with Crippen LogP contribution in [0.5, 0.6) is 0 Å². The van der Waals surface area contributed by atoms with E-state index in [1.807, 2.05) is 61.5 Å². The van der Waals surface area contributed by atoms with Gasteiger partial charge in [0.2, 0.25) is 15.9 Å². The number of aryl methyl sites for hydroxylation is 1. The van der Waals surface area contributed by atoms with E-state index in [-0.39, 0.29) is 15.7 Å². The number of carbonyl (C=O) groups is 1. The zero-order chi connectivity index (χ0) is 22.6. The van der Waals surface area contributed by atoms with Crippen molar-refractivity contribution < 1.29 is 13.2 Å². The number of nitrogens with one attached hydrogen (secondary N) is 1. The van der Waals surface area contributed by atoms with Crippen molar-refractivity contribution in [1.82, 2.24) is 5.32 Å². The van der Waals surface area contributed by atoms with Gasteiger partial charge >= 0.3 is 0 Å². The van der Waals surface area contributed by atoms with Crippen LogP contribution in [0.2, 0.25) is 10.0 Å². The zero-order valence-electron chi connectivity index (χ0n) is 17.0. The lowest BCUT2D eigenvalue weighted by Crippen LogP contribution is -2.42. The molecule has 0 aliphatic rings. The van der Waals surface area contributed by atoms with Gasteiger partial charge in [0.05, 0.1) is 28.0 Å². The molecule has 3 rings (SSSR count). The number of nitrogens with zero attached hydrogens (tertiary/aromatic N) is 1. The van der Waals surface area contributed by atoms with E-state index >= 15 is 0 Å². The molecule has 0 heterocycles. The molecule has 0 aliphatic carbocycles. The van der Waals surface area contributed by atoms with Crippen molar-refractivity contribution in [2.75, 3.05) is 17.1 Å². The maximum Gasteiger partial charge on any atom is 0.241 e. The zero-order valence-corrected chi connectivity index (χ0v) is 19.4. The van der Waals surface area contributed by atoms with Gasteiger partial charge in [0.15, 0.2) is 0 Å². The molecule has 0 fully saturated rings. The molecule has 0 bridgehead atoms. The highest BCUT2D eigenvalue weighted by molar-refractivity contribution is 7.92. The first kappa shape index (κ1) is 23.1. The highest BCUT2D eigenvalue weighted by atomic mass is 35.5. The molecule has 3 aromatic rings. The van der Waals surface area contributed by atoms with E-state index in [0.29, 0.717) is 0 Å². The highest BCUT2D eigenvalue weighted by Crippen LogP contribution is 2.33. The van der Waals surface area contributed by atoms with Crippen LogP contribution in [-0.2, 0) is 14.8 Å². The normalized spacial score (nSPS) is 12.3. The molecule has 5 nitrogen and oxygen atoms in total. The molecule has 162 valence electrons. The standard InChI is InChI=1S/C23H22Cl2N2O3S/c1-16-9-6-7-12-18(16)23(17-10-4-3-5-11-17)26-21(28)15-27(31(2,29)30)20-14-8-13-19(24)22(20)25/h3-14,23H,15H2,1-2H3,(H,26,28)/t23-/m0/s1. The highest BCUT2D eigenvalue weighted by Gasteiger charge is 2.26. The second-order valence-corrected chi connectivity index (χ2v) is 9.80. The van der Waals surface area contributed by atoms with E-state index in [2.05, 4.69) is 5.32 Å². The van der Waals surface area contributed by atoms with Crippen LogP contribution in [0.15, 0.2) is 72.8 Å². The van der Waals surface area contributed by atoms with Crippen LogP contribution in [-0.4, -0.2) is 27.1 Å². The summed E-state index contributed by atoms with van der Waals surface area (Å²) >= 11 is 12.3. The SMILES string of the molecule is Cc1ccccc1[C@@H](NC(=O)CN(c1cccc(Cl)c1Cl)S(C)(=O)=O)c1ccccc1. The molecule has 31 heavy (non-hydrogen) atoms. The fraction of sp³-hybridized carbons (Fsp3) is 0.174. The lowest BCUT2D eigenvalue weighted by molar-refractivity contribution is -0.120. The molecule has 0 spiro atoms. The number of sulfonamides is 1. The number of hydrogen-bond donors (Lipinski definition) is 1. The number of hydrogen-bond acceptors (Lipinski definition) is 3. The Morgan fingerprint density at radius 2 is 1.61 bits per heavy atom. The molecule has 3 aromatic carbocycles. The molecule has 0 unspecified atom stereocenters.